The lowest BCUT2D eigenvalue weighted by molar-refractivity contribution is -0.210. The summed E-state index contributed by atoms with van der Waals surface area (Å²) < 4.78 is 16.6. The minimum Gasteiger partial charge on any atom is -0.463 e. The quantitative estimate of drug-likeness (QED) is 0.492. The van der Waals surface area contributed by atoms with Crippen molar-refractivity contribution in [3.63, 3.8) is 0 Å². The Labute approximate surface area is 201 Å². The smallest absolute Gasteiger partial charge is 0.331 e. The van der Waals surface area contributed by atoms with Crippen molar-refractivity contribution in [2.75, 3.05) is 6.61 Å². The van der Waals surface area contributed by atoms with E-state index in [1.165, 1.54) is 13.8 Å². The van der Waals surface area contributed by atoms with Crippen LogP contribution in [0.3, 0.4) is 0 Å². The van der Waals surface area contributed by atoms with E-state index in [1.807, 2.05) is 0 Å². The number of fused-ring (bicyclic) bond motifs is 5. The molecule has 0 aromatic rings. The van der Waals surface area contributed by atoms with Gasteiger partial charge in [0.15, 0.2) is 0 Å². The summed E-state index contributed by atoms with van der Waals surface area (Å²) in [5, 5.41) is 12.5. The SMILES string of the molecule is CC(=O)O[C@H]1CC[C@@]2(C)[C@H](CC[C@@H]3[C@@H]2CC[C@]2(C)[C@@H](C4=CC(=O)OC4)[C@@H](OC(C)=O)C[C@@]32O)C1. The first-order valence-corrected chi connectivity index (χ1v) is 12.9. The second kappa shape index (κ2) is 8.07. The Morgan fingerprint density at radius 3 is 2.41 bits per heavy atom. The standard InChI is InChI=1S/C27H38O7/c1-15(28)33-19-7-9-25(3)18(12-19)5-6-21-20(25)8-10-26(4)24(17-11-23(30)32-14-17)22(34-16(2)29)13-27(21,26)31/h11,18-22,24,31H,5-10,12-14H2,1-4H3/t18-,19+,20+,21-,22+,24+,25+,26-,27-/m1/s1. The van der Waals surface area contributed by atoms with Crippen LogP contribution in [0.4, 0.5) is 0 Å². The summed E-state index contributed by atoms with van der Waals surface area (Å²) >= 11 is 0. The van der Waals surface area contributed by atoms with Crippen LogP contribution in [0, 0.1) is 34.5 Å². The number of aliphatic hydroxyl groups is 1. The molecule has 0 radical (unpaired) electrons. The molecular formula is C27H38O7. The zero-order chi connectivity index (χ0) is 24.5. The highest BCUT2D eigenvalue weighted by atomic mass is 16.6. The molecular weight excluding hydrogens is 436 g/mol. The summed E-state index contributed by atoms with van der Waals surface area (Å²) in [6.45, 7) is 7.61. The molecule has 0 aromatic heterocycles. The van der Waals surface area contributed by atoms with E-state index in [-0.39, 0.29) is 47.9 Å². The highest BCUT2D eigenvalue weighted by Gasteiger charge is 2.71. The second-order valence-corrected chi connectivity index (χ2v) is 12.0. The Balaban J connectivity index is 1.46. The zero-order valence-corrected chi connectivity index (χ0v) is 20.8. The first kappa shape index (κ1) is 23.8. The second-order valence-electron chi connectivity index (χ2n) is 12.0. The minimum atomic E-state index is -0.978. The number of cyclic esters (lactones) is 1. The zero-order valence-electron chi connectivity index (χ0n) is 20.8. The van der Waals surface area contributed by atoms with Gasteiger partial charge in [0.1, 0.15) is 18.8 Å². The van der Waals surface area contributed by atoms with E-state index < -0.39 is 17.1 Å². The molecule has 4 saturated carbocycles. The van der Waals surface area contributed by atoms with Gasteiger partial charge in [0.2, 0.25) is 0 Å². The van der Waals surface area contributed by atoms with E-state index in [2.05, 4.69) is 13.8 Å². The fourth-order valence-corrected chi connectivity index (χ4v) is 9.08. The average Bonchev–Trinajstić information content (AvgIpc) is 3.25. The fraction of sp³-hybridized carbons (Fsp3) is 0.815. The molecule has 0 aromatic carbocycles. The highest BCUT2D eigenvalue weighted by molar-refractivity contribution is 5.85. The summed E-state index contributed by atoms with van der Waals surface area (Å²) in [4.78, 5) is 35.4. The van der Waals surface area contributed by atoms with Crippen molar-refractivity contribution in [1.82, 2.24) is 0 Å². The van der Waals surface area contributed by atoms with E-state index in [0.29, 0.717) is 18.3 Å². The lowest BCUT2D eigenvalue weighted by Gasteiger charge is -2.63. The number of hydrogen-bond donors (Lipinski definition) is 1. The van der Waals surface area contributed by atoms with Crippen LogP contribution in [-0.4, -0.2) is 47.4 Å². The number of carbonyl (C=O) groups excluding carboxylic acids is 3. The van der Waals surface area contributed by atoms with Crippen LogP contribution in [0.25, 0.3) is 0 Å². The number of ether oxygens (including phenoxy) is 3. The molecule has 4 aliphatic carbocycles. The molecule has 0 spiro atoms. The molecule has 5 aliphatic rings. The molecule has 7 nitrogen and oxygen atoms in total. The Morgan fingerprint density at radius 1 is 1.03 bits per heavy atom. The summed E-state index contributed by atoms with van der Waals surface area (Å²) in [5.74, 6) is -0.190. The maximum atomic E-state index is 12.5. The molecule has 1 heterocycles. The lowest BCUT2D eigenvalue weighted by atomic mass is 9.43. The summed E-state index contributed by atoms with van der Waals surface area (Å²) in [5.41, 5.74) is -0.535. The van der Waals surface area contributed by atoms with Gasteiger partial charge < -0.3 is 19.3 Å². The Bertz CT molecular complexity index is 926. The van der Waals surface area contributed by atoms with Gasteiger partial charge in [-0.1, -0.05) is 13.8 Å². The minimum absolute atomic E-state index is 0.000108. The van der Waals surface area contributed by atoms with Crippen molar-refractivity contribution in [2.45, 2.75) is 96.9 Å². The number of rotatable bonds is 3. The van der Waals surface area contributed by atoms with Crippen molar-refractivity contribution in [2.24, 2.45) is 34.5 Å². The van der Waals surface area contributed by atoms with Gasteiger partial charge in [0.05, 0.1) is 5.60 Å². The van der Waals surface area contributed by atoms with E-state index in [4.69, 9.17) is 14.2 Å². The van der Waals surface area contributed by atoms with Gasteiger partial charge in [0, 0.05) is 37.7 Å². The third kappa shape index (κ3) is 3.44. The van der Waals surface area contributed by atoms with Gasteiger partial charge >= 0.3 is 17.9 Å². The molecule has 1 N–H and O–H groups in total. The number of carbonyl (C=O) groups is 3. The molecule has 0 amide bonds. The van der Waals surface area contributed by atoms with Crippen LogP contribution in [-0.2, 0) is 28.6 Å². The van der Waals surface area contributed by atoms with E-state index in [0.717, 1.165) is 50.5 Å². The average molecular weight is 475 g/mol. The molecule has 4 fully saturated rings. The van der Waals surface area contributed by atoms with Crippen molar-refractivity contribution in [3.8, 4) is 0 Å². The molecule has 9 atom stereocenters. The van der Waals surface area contributed by atoms with Crippen LogP contribution in [0.5, 0.6) is 0 Å². The normalized spacial score (nSPS) is 47.6. The Kier molecular flexibility index (Phi) is 5.66. The topological polar surface area (TPSA) is 99.1 Å². The van der Waals surface area contributed by atoms with Crippen molar-refractivity contribution in [1.29, 1.82) is 0 Å². The summed E-state index contributed by atoms with van der Waals surface area (Å²) in [7, 11) is 0. The van der Waals surface area contributed by atoms with E-state index >= 15 is 0 Å². The van der Waals surface area contributed by atoms with Gasteiger partial charge in [-0.2, -0.15) is 0 Å². The first-order chi connectivity index (χ1) is 16.0. The van der Waals surface area contributed by atoms with Gasteiger partial charge in [-0.3, -0.25) is 9.59 Å². The number of esters is 3. The molecule has 7 heteroatoms. The largest absolute Gasteiger partial charge is 0.463 e. The van der Waals surface area contributed by atoms with Crippen molar-refractivity contribution >= 4 is 17.9 Å². The van der Waals surface area contributed by atoms with Crippen LogP contribution in [0.15, 0.2) is 11.6 Å². The third-order valence-corrected chi connectivity index (χ3v) is 10.5. The van der Waals surface area contributed by atoms with Crippen molar-refractivity contribution < 1.29 is 33.7 Å². The van der Waals surface area contributed by atoms with Crippen LogP contribution in [0.2, 0.25) is 0 Å². The third-order valence-electron chi connectivity index (χ3n) is 10.5. The molecule has 0 unspecified atom stereocenters. The highest BCUT2D eigenvalue weighted by Crippen LogP contribution is 2.70. The summed E-state index contributed by atoms with van der Waals surface area (Å²) in [6, 6.07) is 0. The van der Waals surface area contributed by atoms with Gasteiger partial charge in [-0.05, 0) is 73.7 Å². The van der Waals surface area contributed by atoms with Gasteiger partial charge in [-0.15, -0.1) is 0 Å². The molecule has 0 bridgehead atoms. The maximum Gasteiger partial charge on any atom is 0.331 e. The lowest BCUT2D eigenvalue weighted by Crippen LogP contribution is -2.62. The van der Waals surface area contributed by atoms with E-state index in [1.54, 1.807) is 6.08 Å². The van der Waals surface area contributed by atoms with Gasteiger partial charge in [-0.25, -0.2) is 4.79 Å². The van der Waals surface area contributed by atoms with Crippen molar-refractivity contribution in [3.05, 3.63) is 11.6 Å². The van der Waals surface area contributed by atoms with Gasteiger partial charge in [0.25, 0.3) is 0 Å². The first-order valence-electron chi connectivity index (χ1n) is 12.9. The molecule has 1 aliphatic heterocycles. The van der Waals surface area contributed by atoms with Crippen LogP contribution < -0.4 is 0 Å². The number of hydrogen-bond acceptors (Lipinski definition) is 7. The predicted molar refractivity (Wildman–Crippen MR) is 122 cm³/mol. The molecule has 0 saturated heterocycles. The summed E-state index contributed by atoms with van der Waals surface area (Å²) in [6.07, 6.45) is 7.98. The Morgan fingerprint density at radius 2 is 1.76 bits per heavy atom. The van der Waals surface area contributed by atoms with E-state index in [9.17, 15) is 19.5 Å². The van der Waals surface area contributed by atoms with Crippen LogP contribution in [0.1, 0.15) is 79.1 Å². The molecule has 5 rings (SSSR count). The fourth-order valence-electron chi connectivity index (χ4n) is 9.08. The molecule has 188 valence electrons. The Hall–Kier alpha value is -1.89. The van der Waals surface area contributed by atoms with Crippen LogP contribution >= 0.6 is 0 Å². The predicted octanol–water partition coefficient (Wildman–Crippen LogP) is 3.72. The molecule has 34 heavy (non-hydrogen) atoms. The monoisotopic (exact) mass is 474 g/mol. The maximum absolute atomic E-state index is 12.5.